The number of carbonyl (C=O) groups is 1. The third-order valence-electron chi connectivity index (χ3n) is 5.92. The normalized spacial score (nSPS) is 24.2. The van der Waals surface area contributed by atoms with Crippen molar-refractivity contribution >= 4 is 17.1 Å². The van der Waals surface area contributed by atoms with Crippen molar-refractivity contribution in [3.8, 4) is 0 Å². The highest BCUT2D eigenvalue weighted by Gasteiger charge is 2.43. The quantitative estimate of drug-likeness (QED) is 0.878. The van der Waals surface area contributed by atoms with E-state index in [1.807, 2.05) is 11.0 Å². The zero-order valence-corrected chi connectivity index (χ0v) is 13.6. The summed E-state index contributed by atoms with van der Waals surface area (Å²) in [5.41, 5.74) is 2.00. The maximum absolute atomic E-state index is 12.9. The van der Waals surface area contributed by atoms with Crippen molar-refractivity contribution in [3.05, 3.63) is 17.8 Å². The first-order valence-corrected chi connectivity index (χ1v) is 8.65. The van der Waals surface area contributed by atoms with Gasteiger partial charge in [-0.05, 0) is 42.7 Å². The van der Waals surface area contributed by atoms with Crippen molar-refractivity contribution in [2.75, 3.05) is 13.1 Å². The number of pyridine rings is 1. The highest BCUT2D eigenvalue weighted by Crippen LogP contribution is 2.46. The molecule has 1 N–H and O–H groups in total. The van der Waals surface area contributed by atoms with E-state index >= 15 is 0 Å². The second-order valence-electron chi connectivity index (χ2n) is 7.20. The lowest BCUT2D eigenvalue weighted by atomic mass is 9.63. The van der Waals surface area contributed by atoms with E-state index in [1.165, 1.54) is 32.1 Å². The number of hydrogen-bond acceptors (Lipinski definition) is 4. The number of likely N-dealkylation sites (tertiary alicyclic amines) is 1. The molecular weight excluding hydrogens is 290 g/mol. The van der Waals surface area contributed by atoms with Gasteiger partial charge in [0.1, 0.15) is 11.2 Å². The summed E-state index contributed by atoms with van der Waals surface area (Å²) in [4.78, 5) is 19.3. The minimum atomic E-state index is 0.0340. The minimum absolute atomic E-state index is 0.0340. The Morgan fingerprint density at radius 2 is 2.09 bits per heavy atom. The van der Waals surface area contributed by atoms with Crippen molar-refractivity contribution in [3.63, 3.8) is 0 Å². The molecule has 2 aliphatic rings. The van der Waals surface area contributed by atoms with Crippen molar-refractivity contribution < 1.29 is 4.79 Å². The van der Waals surface area contributed by atoms with Gasteiger partial charge >= 0.3 is 0 Å². The number of H-pyrrole nitrogens is 1. The third kappa shape index (κ3) is 2.50. The van der Waals surface area contributed by atoms with Crippen molar-refractivity contribution in [1.82, 2.24) is 25.3 Å². The predicted octanol–water partition coefficient (Wildman–Crippen LogP) is 2.79. The van der Waals surface area contributed by atoms with Crippen molar-refractivity contribution in [2.45, 2.75) is 45.4 Å². The van der Waals surface area contributed by atoms with Crippen LogP contribution < -0.4 is 0 Å². The Kier molecular flexibility index (Phi) is 3.54. The Bertz CT molecular complexity index is 719. The number of nitrogens with one attached hydrogen (secondary N) is 1. The second-order valence-corrected chi connectivity index (χ2v) is 7.20. The van der Waals surface area contributed by atoms with Crippen LogP contribution >= 0.6 is 0 Å². The van der Waals surface area contributed by atoms with Gasteiger partial charge in [-0.25, -0.2) is 4.98 Å². The first-order chi connectivity index (χ1) is 11.2. The van der Waals surface area contributed by atoms with Crippen LogP contribution in [0.1, 0.15) is 55.9 Å². The average molecular weight is 313 g/mol. The smallest absolute Gasteiger partial charge is 0.272 e. The van der Waals surface area contributed by atoms with E-state index in [0.29, 0.717) is 28.2 Å². The van der Waals surface area contributed by atoms with Gasteiger partial charge in [0, 0.05) is 13.1 Å². The fraction of sp³-hybridized carbons (Fsp3) is 0.647. The molecule has 3 heterocycles. The maximum Gasteiger partial charge on any atom is 0.272 e. The van der Waals surface area contributed by atoms with E-state index in [4.69, 9.17) is 0 Å². The summed E-state index contributed by atoms with van der Waals surface area (Å²) in [5, 5.41) is 10.5. The highest BCUT2D eigenvalue weighted by atomic mass is 16.2. The van der Waals surface area contributed by atoms with E-state index in [9.17, 15) is 4.79 Å². The van der Waals surface area contributed by atoms with E-state index in [2.05, 4.69) is 27.3 Å². The number of carbonyl (C=O) groups excluding carboxylic acids is 1. The number of hydrogen-bond donors (Lipinski definition) is 1. The molecule has 2 aromatic heterocycles. The molecule has 1 atom stereocenters. The van der Waals surface area contributed by atoms with Gasteiger partial charge in [-0.15, -0.1) is 5.10 Å². The zero-order chi connectivity index (χ0) is 15.9. The molecule has 0 radical (unpaired) electrons. The average Bonchev–Trinajstić information content (AvgIpc) is 3.05. The molecule has 6 heteroatoms. The van der Waals surface area contributed by atoms with Crippen LogP contribution in [-0.4, -0.2) is 44.3 Å². The molecule has 122 valence electrons. The van der Waals surface area contributed by atoms with Gasteiger partial charge in [-0.2, -0.15) is 10.3 Å². The largest absolute Gasteiger partial charge is 0.337 e. The standard InChI is InChI=1S/C17H23N5O/c1-12-7-10-22(11-17(12)8-3-2-4-9-17)16(23)14-6-5-13-15(18-14)20-21-19-13/h5-6,12H,2-4,7-11H2,1H3,(H,18,19,20,21). The van der Waals surface area contributed by atoms with Crippen molar-refractivity contribution in [1.29, 1.82) is 0 Å². The lowest BCUT2D eigenvalue weighted by molar-refractivity contribution is 0.00655. The number of fused-ring (bicyclic) bond motifs is 1. The molecule has 4 rings (SSSR count). The Balaban J connectivity index is 1.58. The summed E-state index contributed by atoms with van der Waals surface area (Å²) in [6.07, 6.45) is 7.55. The summed E-state index contributed by atoms with van der Waals surface area (Å²) in [5.74, 6) is 0.740. The fourth-order valence-corrected chi connectivity index (χ4v) is 4.37. The lowest BCUT2D eigenvalue weighted by Crippen LogP contribution is -2.51. The van der Waals surface area contributed by atoms with E-state index in [1.54, 1.807) is 6.07 Å². The Morgan fingerprint density at radius 1 is 1.26 bits per heavy atom. The minimum Gasteiger partial charge on any atom is -0.337 e. The van der Waals surface area contributed by atoms with Gasteiger partial charge < -0.3 is 4.90 Å². The van der Waals surface area contributed by atoms with Crippen LogP contribution in [0.15, 0.2) is 12.1 Å². The molecule has 1 aliphatic carbocycles. The van der Waals surface area contributed by atoms with Crippen LogP contribution in [-0.2, 0) is 0 Å². The maximum atomic E-state index is 12.9. The molecule has 2 aromatic rings. The molecule has 1 spiro atoms. The van der Waals surface area contributed by atoms with E-state index in [0.717, 1.165) is 19.5 Å². The predicted molar refractivity (Wildman–Crippen MR) is 86.9 cm³/mol. The molecule has 6 nitrogen and oxygen atoms in total. The second kappa shape index (κ2) is 5.58. The van der Waals surface area contributed by atoms with Crippen LogP contribution in [0, 0.1) is 11.3 Å². The molecule has 0 aromatic carbocycles. The van der Waals surface area contributed by atoms with Crippen LogP contribution in [0.3, 0.4) is 0 Å². The van der Waals surface area contributed by atoms with E-state index < -0.39 is 0 Å². The van der Waals surface area contributed by atoms with Crippen molar-refractivity contribution in [2.24, 2.45) is 11.3 Å². The summed E-state index contributed by atoms with van der Waals surface area (Å²) >= 11 is 0. The zero-order valence-electron chi connectivity index (χ0n) is 13.6. The Hall–Kier alpha value is -1.98. The molecule has 23 heavy (non-hydrogen) atoms. The number of nitrogens with zero attached hydrogens (tertiary/aromatic N) is 4. The molecule has 1 unspecified atom stereocenters. The summed E-state index contributed by atoms with van der Waals surface area (Å²) in [7, 11) is 0. The van der Waals surface area contributed by atoms with Crippen LogP contribution in [0.25, 0.3) is 11.2 Å². The van der Waals surface area contributed by atoms with Gasteiger partial charge in [0.25, 0.3) is 5.91 Å². The first kappa shape index (κ1) is 14.6. The third-order valence-corrected chi connectivity index (χ3v) is 5.92. The highest BCUT2D eigenvalue weighted by molar-refractivity contribution is 5.94. The molecule has 1 aliphatic heterocycles. The lowest BCUT2D eigenvalue weighted by Gasteiger charge is -2.49. The molecule has 1 amide bonds. The Labute approximate surface area is 135 Å². The Morgan fingerprint density at radius 3 is 2.91 bits per heavy atom. The number of aromatic amines is 1. The molecule has 0 bridgehead atoms. The van der Waals surface area contributed by atoms with Crippen LogP contribution in [0.4, 0.5) is 0 Å². The van der Waals surface area contributed by atoms with Gasteiger partial charge in [-0.1, -0.05) is 26.2 Å². The number of piperidine rings is 1. The first-order valence-electron chi connectivity index (χ1n) is 8.65. The monoisotopic (exact) mass is 313 g/mol. The van der Waals surface area contributed by atoms with Crippen LogP contribution in [0.5, 0.6) is 0 Å². The van der Waals surface area contributed by atoms with Crippen LogP contribution in [0.2, 0.25) is 0 Å². The van der Waals surface area contributed by atoms with E-state index in [-0.39, 0.29) is 5.91 Å². The SMILES string of the molecule is CC1CCN(C(=O)c2ccc3n[nH]nc3n2)CC12CCCCC2. The number of aromatic nitrogens is 4. The summed E-state index contributed by atoms with van der Waals surface area (Å²) < 4.78 is 0. The molecule has 2 fully saturated rings. The van der Waals surface area contributed by atoms with Gasteiger partial charge in [0.15, 0.2) is 0 Å². The molecular formula is C17H23N5O. The van der Waals surface area contributed by atoms with Gasteiger partial charge in [0.05, 0.1) is 0 Å². The summed E-state index contributed by atoms with van der Waals surface area (Å²) in [6, 6.07) is 3.57. The van der Waals surface area contributed by atoms with Gasteiger partial charge in [0.2, 0.25) is 5.65 Å². The fourth-order valence-electron chi connectivity index (χ4n) is 4.37. The number of amides is 1. The van der Waals surface area contributed by atoms with Gasteiger partial charge in [-0.3, -0.25) is 4.79 Å². The number of rotatable bonds is 1. The molecule has 1 saturated carbocycles. The molecule has 1 saturated heterocycles. The topological polar surface area (TPSA) is 74.8 Å². The summed E-state index contributed by atoms with van der Waals surface area (Å²) in [6.45, 7) is 4.08.